The Kier molecular flexibility index (Phi) is 7.88. The van der Waals surface area contributed by atoms with Crippen LogP contribution in [-0.2, 0) is 15.3 Å². The van der Waals surface area contributed by atoms with Crippen LogP contribution in [0.5, 0.6) is 0 Å². The maximum absolute atomic E-state index is 11.7. The maximum atomic E-state index is 11.7. The molecule has 0 aliphatic heterocycles. The summed E-state index contributed by atoms with van der Waals surface area (Å²) >= 11 is 0. The number of rotatable bonds is 11. The summed E-state index contributed by atoms with van der Waals surface area (Å²) in [6, 6.07) is 4.33. The highest BCUT2D eigenvalue weighted by molar-refractivity contribution is 6.02. The van der Waals surface area contributed by atoms with E-state index in [2.05, 4.69) is 0 Å². The molecule has 0 aliphatic carbocycles. The van der Waals surface area contributed by atoms with Crippen LogP contribution in [0.1, 0.15) is 72.7 Å². The summed E-state index contributed by atoms with van der Waals surface area (Å²) in [6.07, 6.45) is 3.44. The van der Waals surface area contributed by atoms with Gasteiger partial charge in [-0.3, -0.25) is 0 Å². The van der Waals surface area contributed by atoms with Crippen molar-refractivity contribution in [1.29, 1.82) is 0 Å². The normalized spacial score (nSPS) is 11.5. The molecule has 6 heteroatoms. The van der Waals surface area contributed by atoms with Gasteiger partial charge in [-0.1, -0.05) is 38.8 Å². The molecule has 134 valence electrons. The predicted molar refractivity (Wildman–Crippen MR) is 89.4 cm³/mol. The van der Waals surface area contributed by atoms with Gasteiger partial charge in [-0.2, -0.15) is 0 Å². The quantitative estimate of drug-likeness (QED) is 0.470. The number of hydrogen-bond acceptors (Lipinski definition) is 4. The van der Waals surface area contributed by atoms with Gasteiger partial charge in [0.25, 0.3) is 0 Å². The molecule has 0 atom stereocenters. The molecule has 0 heterocycles. The lowest BCUT2D eigenvalue weighted by atomic mass is 9.95. The molecular formula is C18H26O6. The fraction of sp³-hybridized carbons (Fsp3) is 0.556. The zero-order chi connectivity index (χ0) is 18.2. The van der Waals surface area contributed by atoms with E-state index in [0.717, 1.165) is 25.7 Å². The molecular weight excluding hydrogens is 312 g/mol. The second-order valence-corrected chi connectivity index (χ2v) is 5.69. The third kappa shape index (κ3) is 5.04. The van der Waals surface area contributed by atoms with Gasteiger partial charge in [0.1, 0.15) is 0 Å². The van der Waals surface area contributed by atoms with Crippen molar-refractivity contribution in [3.05, 3.63) is 34.9 Å². The Morgan fingerprint density at radius 1 is 1.00 bits per heavy atom. The van der Waals surface area contributed by atoms with E-state index < -0.39 is 17.7 Å². The van der Waals surface area contributed by atoms with Crippen molar-refractivity contribution in [2.45, 2.75) is 52.2 Å². The van der Waals surface area contributed by atoms with Gasteiger partial charge in [-0.15, -0.1) is 0 Å². The van der Waals surface area contributed by atoms with Gasteiger partial charge < -0.3 is 19.7 Å². The lowest BCUT2D eigenvalue weighted by Gasteiger charge is -2.32. The summed E-state index contributed by atoms with van der Waals surface area (Å²) in [5.74, 6) is -3.91. The van der Waals surface area contributed by atoms with E-state index in [1.165, 1.54) is 12.1 Å². The first-order valence-electron chi connectivity index (χ1n) is 8.25. The van der Waals surface area contributed by atoms with Crippen molar-refractivity contribution >= 4 is 11.9 Å². The van der Waals surface area contributed by atoms with E-state index in [0.29, 0.717) is 13.2 Å². The zero-order valence-electron chi connectivity index (χ0n) is 14.5. The SMILES string of the molecule is CCCCOC(C)(OCCCC)c1cccc(C(=O)O)c1C(=O)O. The van der Waals surface area contributed by atoms with Gasteiger partial charge in [-0.05, 0) is 25.8 Å². The lowest BCUT2D eigenvalue weighted by molar-refractivity contribution is -0.235. The molecule has 0 radical (unpaired) electrons. The Bertz CT molecular complexity index is 557. The molecule has 0 amide bonds. The third-order valence-corrected chi connectivity index (χ3v) is 3.75. The fourth-order valence-corrected chi connectivity index (χ4v) is 2.36. The van der Waals surface area contributed by atoms with Gasteiger partial charge >= 0.3 is 11.9 Å². The minimum absolute atomic E-state index is 0.224. The molecule has 1 aromatic rings. The largest absolute Gasteiger partial charge is 0.478 e. The van der Waals surface area contributed by atoms with E-state index in [1.54, 1.807) is 13.0 Å². The maximum Gasteiger partial charge on any atom is 0.337 e. The monoisotopic (exact) mass is 338 g/mol. The Morgan fingerprint density at radius 2 is 1.54 bits per heavy atom. The van der Waals surface area contributed by atoms with E-state index in [-0.39, 0.29) is 16.7 Å². The number of ether oxygens (including phenoxy) is 2. The first-order chi connectivity index (χ1) is 11.4. The summed E-state index contributed by atoms with van der Waals surface area (Å²) in [7, 11) is 0. The number of unbranched alkanes of at least 4 members (excludes halogenated alkanes) is 2. The summed E-state index contributed by atoms with van der Waals surface area (Å²) < 4.78 is 11.7. The van der Waals surface area contributed by atoms with Crippen molar-refractivity contribution in [2.75, 3.05) is 13.2 Å². The molecule has 0 aromatic heterocycles. The molecule has 0 bridgehead atoms. The first-order valence-corrected chi connectivity index (χ1v) is 8.25. The minimum atomic E-state index is -1.31. The molecule has 6 nitrogen and oxygen atoms in total. The second kappa shape index (κ2) is 9.39. The van der Waals surface area contributed by atoms with Gasteiger partial charge in [0, 0.05) is 5.56 Å². The highest BCUT2D eigenvalue weighted by Gasteiger charge is 2.35. The van der Waals surface area contributed by atoms with Crippen LogP contribution in [0.4, 0.5) is 0 Å². The van der Waals surface area contributed by atoms with Crippen molar-refractivity contribution in [3.8, 4) is 0 Å². The van der Waals surface area contributed by atoms with Gasteiger partial charge in [0.2, 0.25) is 0 Å². The Balaban J connectivity index is 3.32. The van der Waals surface area contributed by atoms with Crippen LogP contribution in [0, 0.1) is 0 Å². The molecule has 2 N–H and O–H groups in total. The summed E-state index contributed by atoms with van der Waals surface area (Å²) in [4.78, 5) is 23.1. The number of hydrogen-bond donors (Lipinski definition) is 2. The average Bonchev–Trinajstić information content (AvgIpc) is 2.54. The zero-order valence-corrected chi connectivity index (χ0v) is 14.5. The molecule has 0 aliphatic rings. The van der Waals surface area contributed by atoms with Crippen LogP contribution < -0.4 is 0 Å². The van der Waals surface area contributed by atoms with Crippen molar-refractivity contribution in [3.63, 3.8) is 0 Å². The minimum Gasteiger partial charge on any atom is -0.478 e. The summed E-state index contributed by atoms with van der Waals surface area (Å²) in [5.41, 5.74) is -0.341. The molecule has 0 saturated heterocycles. The smallest absolute Gasteiger partial charge is 0.337 e. The molecule has 1 aromatic carbocycles. The van der Waals surface area contributed by atoms with E-state index >= 15 is 0 Å². The van der Waals surface area contributed by atoms with Crippen LogP contribution in [0.3, 0.4) is 0 Å². The van der Waals surface area contributed by atoms with Crippen LogP contribution in [0.2, 0.25) is 0 Å². The third-order valence-electron chi connectivity index (χ3n) is 3.75. The summed E-state index contributed by atoms with van der Waals surface area (Å²) in [5, 5.41) is 18.8. The average molecular weight is 338 g/mol. The highest BCUT2D eigenvalue weighted by atomic mass is 16.7. The second-order valence-electron chi connectivity index (χ2n) is 5.69. The van der Waals surface area contributed by atoms with Gasteiger partial charge in [-0.25, -0.2) is 9.59 Å². The molecule has 0 fully saturated rings. The standard InChI is InChI=1S/C18H26O6/c1-4-6-11-23-18(3,24-12-7-5-2)14-10-8-9-13(16(19)20)15(14)17(21)22/h8-10H,4-7,11-12H2,1-3H3,(H,19,20)(H,21,22). The molecule has 0 spiro atoms. The molecule has 24 heavy (non-hydrogen) atoms. The van der Waals surface area contributed by atoms with E-state index in [4.69, 9.17) is 9.47 Å². The Morgan fingerprint density at radius 3 is 1.96 bits per heavy atom. The van der Waals surface area contributed by atoms with Crippen molar-refractivity contribution in [2.24, 2.45) is 0 Å². The molecule has 0 saturated carbocycles. The fourth-order valence-electron chi connectivity index (χ4n) is 2.36. The van der Waals surface area contributed by atoms with Crippen LogP contribution in [0.15, 0.2) is 18.2 Å². The number of carboxylic acids is 2. The summed E-state index contributed by atoms with van der Waals surface area (Å²) in [6.45, 7) is 6.48. The Hall–Kier alpha value is -1.92. The highest BCUT2D eigenvalue weighted by Crippen LogP contribution is 2.32. The lowest BCUT2D eigenvalue weighted by Crippen LogP contribution is -2.33. The number of aromatic carboxylic acids is 2. The van der Waals surface area contributed by atoms with Gasteiger partial charge in [0.15, 0.2) is 5.79 Å². The topological polar surface area (TPSA) is 93.1 Å². The van der Waals surface area contributed by atoms with Crippen molar-refractivity contribution < 1.29 is 29.3 Å². The first kappa shape index (κ1) is 20.1. The molecule has 0 unspecified atom stereocenters. The number of benzene rings is 1. The van der Waals surface area contributed by atoms with Crippen LogP contribution >= 0.6 is 0 Å². The number of carboxylic acid groups (broad SMARTS) is 2. The van der Waals surface area contributed by atoms with E-state index in [9.17, 15) is 19.8 Å². The number of carbonyl (C=O) groups is 2. The van der Waals surface area contributed by atoms with Gasteiger partial charge in [0.05, 0.1) is 24.3 Å². The van der Waals surface area contributed by atoms with Crippen molar-refractivity contribution in [1.82, 2.24) is 0 Å². The predicted octanol–water partition coefficient (Wildman–Crippen LogP) is 3.89. The van der Waals surface area contributed by atoms with Crippen LogP contribution in [-0.4, -0.2) is 35.4 Å². The van der Waals surface area contributed by atoms with Crippen LogP contribution in [0.25, 0.3) is 0 Å². The molecule has 1 rings (SSSR count). The Labute approximate surface area is 142 Å². The van der Waals surface area contributed by atoms with E-state index in [1.807, 2.05) is 13.8 Å².